The van der Waals surface area contributed by atoms with Gasteiger partial charge in [-0.05, 0) is 49.9 Å². The second-order valence-electron chi connectivity index (χ2n) is 9.07. The predicted octanol–water partition coefficient (Wildman–Crippen LogP) is 5.53. The second-order valence-corrected chi connectivity index (χ2v) is 10.6. The molecular weight excluding hydrogens is 497 g/mol. The molecule has 1 amide bonds. The molecule has 0 saturated carbocycles. The molecule has 0 fully saturated rings. The van der Waals surface area contributed by atoms with Gasteiger partial charge < -0.3 is 19.5 Å². The van der Waals surface area contributed by atoms with E-state index in [2.05, 4.69) is 29.6 Å². The molecule has 0 aromatic heterocycles. The van der Waals surface area contributed by atoms with Crippen LogP contribution in [0.5, 0.6) is 0 Å². The van der Waals surface area contributed by atoms with Gasteiger partial charge in [0.25, 0.3) is 0 Å². The van der Waals surface area contributed by atoms with Crippen molar-refractivity contribution < 1.29 is 37.1 Å². The highest BCUT2D eigenvalue weighted by Gasteiger charge is 2.30. The van der Waals surface area contributed by atoms with Crippen molar-refractivity contribution in [3.63, 3.8) is 0 Å². The molecule has 0 saturated heterocycles. The fourth-order valence-corrected chi connectivity index (χ4v) is 5.51. The molecule has 1 aliphatic rings. The van der Waals surface area contributed by atoms with E-state index in [0.717, 1.165) is 0 Å². The van der Waals surface area contributed by atoms with E-state index in [-0.39, 0.29) is 37.9 Å². The van der Waals surface area contributed by atoms with Crippen molar-refractivity contribution in [3.05, 3.63) is 59.7 Å². The van der Waals surface area contributed by atoms with Gasteiger partial charge >= 0.3 is 13.9 Å². The SMILES string of the molecule is CC(C)OP(=O)(OCCOCCOCCNC(=O)OCC1c2ccccc2-c2ccccc21)OC(C)C. The average Bonchev–Trinajstić information content (AvgIpc) is 3.16. The van der Waals surface area contributed by atoms with Crippen LogP contribution in [0.2, 0.25) is 0 Å². The molecule has 0 heterocycles. The van der Waals surface area contributed by atoms with Crippen LogP contribution in [0.1, 0.15) is 44.7 Å². The fourth-order valence-electron chi connectivity index (χ4n) is 4.01. The molecule has 0 atom stereocenters. The van der Waals surface area contributed by atoms with E-state index in [4.69, 9.17) is 27.8 Å². The predicted molar refractivity (Wildman–Crippen MR) is 141 cm³/mol. The number of rotatable bonds is 16. The summed E-state index contributed by atoms with van der Waals surface area (Å²) < 4.78 is 44.8. The molecule has 37 heavy (non-hydrogen) atoms. The average molecular weight is 536 g/mol. The Hall–Kier alpha value is -2.26. The topological polar surface area (TPSA) is 102 Å². The highest BCUT2D eigenvalue weighted by Crippen LogP contribution is 2.51. The summed E-state index contributed by atoms with van der Waals surface area (Å²) in [6, 6.07) is 16.4. The van der Waals surface area contributed by atoms with E-state index in [0.29, 0.717) is 26.4 Å². The molecule has 9 nitrogen and oxygen atoms in total. The lowest BCUT2D eigenvalue weighted by Gasteiger charge is -2.21. The minimum atomic E-state index is -3.62. The molecule has 0 spiro atoms. The number of carbonyl (C=O) groups is 1. The largest absolute Gasteiger partial charge is 0.475 e. The van der Waals surface area contributed by atoms with Gasteiger partial charge in [-0.2, -0.15) is 0 Å². The third-order valence-electron chi connectivity index (χ3n) is 5.39. The molecule has 2 aromatic carbocycles. The van der Waals surface area contributed by atoms with E-state index < -0.39 is 13.9 Å². The number of phosphoric ester groups is 1. The van der Waals surface area contributed by atoms with Crippen LogP contribution in [0.15, 0.2) is 48.5 Å². The normalized spacial score (nSPS) is 13.1. The lowest BCUT2D eigenvalue weighted by atomic mass is 9.98. The number of hydrogen-bond donors (Lipinski definition) is 1. The van der Waals surface area contributed by atoms with Crippen molar-refractivity contribution in [1.29, 1.82) is 0 Å². The van der Waals surface area contributed by atoms with Gasteiger partial charge in [-0.25, -0.2) is 9.36 Å². The number of carbonyl (C=O) groups excluding carboxylic acids is 1. The zero-order valence-corrected chi connectivity index (χ0v) is 22.9. The van der Waals surface area contributed by atoms with Crippen LogP contribution in [0, 0.1) is 0 Å². The number of nitrogens with one attached hydrogen (secondary N) is 1. The van der Waals surface area contributed by atoms with Crippen LogP contribution in [-0.4, -0.2) is 64.5 Å². The summed E-state index contributed by atoms with van der Waals surface area (Å²) in [7, 11) is -3.62. The van der Waals surface area contributed by atoms with Gasteiger partial charge in [0, 0.05) is 12.5 Å². The molecule has 1 aliphatic carbocycles. The van der Waals surface area contributed by atoms with Gasteiger partial charge in [-0.15, -0.1) is 0 Å². The van der Waals surface area contributed by atoms with Gasteiger partial charge in [-0.3, -0.25) is 13.6 Å². The summed E-state index contributed by atoms with van der Waals surface area (Å²) in [5.74, 6) is 0.0262. The standard InChI is InChI=1S/C27H38NO8P/c1-20(2)35-37(30,36-21(3)4)34-18-17-32-16-15-31-14-13-28-27(29)33-19-26-24-11-7-5-9-22(24)23-10-6-8-12-25(23)26/h5-12,20-21,26H,13-19H2,1-4H3,(H,28,29). The summed E-state index contributed by atoms with van der Waals surface area (Å²) in [6.07, 6.45) is -1.06. The summed E-state index contributed by atoms with van der Waals surface area (Å²) in [6.45, 7) is 8.91. The third kappa shape index (κ3) is 9.21. The first kappa shape index (κ1) is 29.3. The molecule has 10 heteroatoms. The van der Waals surface area contributed by atoms with Crippen molar-refractivity contribution in [2.24, 2.45) is 0 Å². The zero-order chi connectivity index (χ0) is 26.7. The molecule has 1 N–H and O–H groups in total. The van der Waals surface area contributed by atoms with Gasteiger partial charge in [0.1, 0.15) is 6.61 Å². The number of ether oxygens (including phenoxy) is 3. The van der Waals surface area contributed by atoms with Crippen LogP contribution in [0.25, 0.3) is 11.1 Å². The van der Waals surface area contributed by atoms with Crippen molar-refractivity contribution in [2.75, 3.05) is 46.2 Å². The molecule has 0 radical (unpaired) electrons. The Morgan fingerprint density at radius 1 is 0.811 bits per heavy atom. The number of phosphoric acid groups is 1. The number of alkyl carbamates (subject to hydrolysis) is 1. The Balaban J connectivity index is 1.25. The first-order chi connectivity index (χ1) is 17.8. The Kier molecular flexibility index (Phi) is 11.6. The van der Waals surface area contributed by atoms with Gasteiger partial charge in [-0.1, -0.05) is 48.5 Å². The lowest BCUT2D eigenvalue weighted by molar-refractivity contribution is 0.0207. The van der Waals surface area contributed by atoms with E-state index in [1.165, 1.54) is 22.3 Å². The Morgan fingerprint density at radius 2 is 1.32 bits per heavy atom. The number of amides is 1. The van der Waals surface area contributed by atoms with Gasteiger partial charge in [0.15, 0.2) is 0 Å². The highest BCUT2D eigenvalue weighted by atomic mass is 31.2. The van der Waals surface area contributed by atoms with Crippen LogP contribution in [0.3, 0.4) is 0 Å². The highest BCUT2D eigenvalue weighted by molar-refractivity contribution is 7.48. The van der Waals surface area contributed by atoms with Crippen molar-refractivity contribution in [1.82, 2.24) is 5.32 Å². The first-order valence-corrected chi connectivity index (χ1v) is 14.1. The van der Waals surface area contributed by atoms with E-state index in [9.17, 15) is 9.36 Å². The van der Waals surface area contributed by atoms with E-state index >= 15 is 0 Å². The van der Waals surface area contributed by atoms with Crippen LogP contribution >= 0.6 is 7.82 Å². The van der Waals surface area contributed by atoms with Gasteiger partial charge in [0.2, 0.25) is 0 Å². The Morgan fingerprint density at radius 3 is 1.89 bits per heavy atom. The number of hydrogen-bond acceptors (Lipinski definition) is 8. The monoisotopic (exact) mass is 535 g/mol. The third-order valence-corrected chi connectivity index (χ3v) is 7.25. The van der Waals surface area contributed by atoms with Crippen molar-refractivity contribution >= 4 is 13.9 Å². The molecular formula is C27H38NO8P. The quantitative estimate of drug-likeness (QED) is 0.221. The van der Waals surface area contributed by atoms with Crippen LogP contribution < -0.4 is 5.32 Å². The van der Waals surface area contributed by atoms with Crippen molar-refractivity contribution in [3.8, 4) is 11.1 Å². The number of fused-ring (bicyclic) bond motifs is 3. The second kappa shape index (κ2) is 14.6. The molecule has 0 aliphatic heterocycles. The Bertz CT molecular complexity index is 985. The fraction of sp³-hybridized carbons (Fsp3) is 0.519. The maximum Gasteiger partial charge on any atom is 0.475 e. The van der Waals surface area contributed by atoms with E-state index in [1.807, 2.05) is 24.3 Å². The maximum absolute atomic E-state index is 12.5. The number of benzene rings is 2. The van der Waals surface area contributed by atoms with Crippen LogP contribution in [0.4, 0.5) is 4.79 Å². The summed E-state index contributed by atoms with van der Waals surface area (Å²) >= 11 is 0. The molecule has 0 unspecified atom stereocenters. The smallest absolute Gasteiger partial charge is 0.449 e. The molecule has 3 rings (SSSR count). The van der Waals surface area contributed by atoms with Crippen molar-refractivity contribution in [2.45, 2.75) is 45.8 Å². The summed E-state index contributed by atoms with van der Waals surface area (Å²) in [4.78, 5) is 12.2. The minimum absolute atomic E-state index is 0.0262. The zero-order valence-electron chi connectivity index (χ0n) is 22.0. The van der Waals surface area contributed by atoms with Gasteiger partial charge in [0.05, 0.1) is 45.2 Å². The molecule has 204 valence electrons. The first-order valence-electron chi connectivity index (χ1n) is 12.6. The van der Waals surface area contributed by atoms with Crippen LogP contribution in [-0.2, 0) is 32.3 Å². The summed E-state index contributed by atoms with van der Waals surface area (Å²) in [5.41, 5.74) is 4.73. The maximum atomic E-state index is 12.5. The Labute approximate surface area is 219 Å². The molecule has 2 aromatic rings. The summed E-state index contributed by atoms with van der Waals surface area (Å²) in [5, 5.41) is 2.71. The molecule has 0 bridgehead atoms. The van der Waals surface area contributed by atoms with E-state index in [1.54, 1.807) is 27.7 Å². The lowest BCUT2D eigenvalue weighted by Crippen LogP contribution is -2.29. The minimum Gasteiger partial charge on any atom is -0.449 e.